The summed E-state index contributed by atoms with van der Waals surface area (Å²) in [4.78, 5) is 10.5. The highest BCUT2D eigenvalue weighted by Gasteiger charge is 2.16. The summed E-state index contributed by atoms with van der Waals surface area (Å²) in [6.07, 6.45) is 0. The normalized spacial score (nSPS) is 10.1. The van der Waals surface area contributed by atoms with Crippen LogP contribution in [0.1, 0.15) is 0 Å². The predicted octanol–water partition coefficient (Wildman–Crippen LogP) is 4.91. The summed E-state index contributed by atoms with van der Waals surface area (Å²) in [6, 6.07) is 11.8. The van der Waals surface area contributed by atoms with Crippen LogP contribution in [0.25, 0.3) is 0 Å². The first-order chi connectivity index (χ1) is 8.56. The fourth-order valence-electron chi connectivity index (χ4n) is 1.38. The summed E-state index contributed by atoms with van der Waals surface area (Å²) in [5.41, 5.74) is -0.0793. The van der Waals surface area contributed by atoms with Gasteiger partial charge in [0.15, 0.2) is 0 Å². The van der Waals surface area contributed by atoms with Crippen molar-refractivity contribution >= 4 is 37.5 Å². The number of benzene rings is 2. The number of hydrogen-bond acceptors (Lipinski definition) is 3. The molecule has 0 unspecified atom stereocenters. The van der Waals surface area contributed by atoms with E-state index in [2.05, 4.69) is 31.9 Å². The molecule has 0 aliphatic rings. The Morgan fingerprint density at radius 2 is 1.78 bits per heavy atom. The third-order valence-corrected chi connectivity index (χ3v) is 3.13. The van der Waals surface area contributed by atoms with Gasteiger partial charge in [-0.15, -0.1) is 0 Å². The Balaban J connectivity index is 2.37. The molecule has 4 nitrogen and oxygen atoms in total. The fourth-order valence-corrected chi connectivity index (χ4v) is 2.10. The third kappa shape index (κ3) is 3.08. The molecule has 0 spiro atoms. The first-order valence-corrected chi connectivity index (χ1v) is 6.52. The molecule has 0 aliphatic carbocycles. The molecule has 0 saturated carbocycles. The van der Waals surface area contributed by atoms with E-state index in [0.29, 0.717) is 10.2 Å². The number of halogens is 2. The van der Waals surface area contributed by atoms with E-state index in [1.165, 1.54) is 6.07 Å². The summed E-state index contributed by atoms with van der Waals surface area (Å²) in [6.45, 7) is 0. The Hall–Kier alpha value is -1.40. The van der Waals surface area contributed by atoms with E-state index in [9.17, 15) is 10.1 Å². The monoisotopic (exact) mass is 371 g/mol. The minimum atomic E-state index is -0.474. The summed E-state index contributed by atoms with van der Waals surface area (Å²) in [7, 11) is 0. The van der Waals surface area contributed by atoms with Crippen molar-refractivity contribution in [1.82, 2.24) is 0 Å². The van der Waals surface area contributed by atoms with E-state index in [1.54, 1.807) is 30.3 Å². The molecule has 92 valence electrons. The third-order valence-electron chi connectivity index (χ3n) is 2.14. The van der Waals surface area contributed by atoms with Crippen LogP contribution in [0.2, 0.25) is 0 Å². The Morgan fingerprint density at radius 3 is 2.44 bits per heavy atom. The van der Waals surface area contributed by atoms with E-state index < -0.39 is 4.92 Å². The van der Waals surface area contributed by atoms with Crippen molar-refractivity contribution in [2.75, 3.05) is 0 Å². The van der Waals surface area contributed by atoms with Crippen LogP contribution >= 0.6 is 31.9 Å². The maximum Gasteiger partial charge on any atom is 0.312 e. The minimum Gasteiger partial charge on any atom is -0.450 e. The highest BCUT2D eigenvalue weighted by atomic mass is 79.9. The molecule has 0 aromatic heterocycles. The van der Waals surface area contributed by atoms with Crippen LogP contribution in [-0.4, -0.2) is 4.92 Å². The molecule has 6 heteroatoms. The van der Waals surface area contributed by atoms with Gasteiger partial charge in [0.25, 0.3) is 0 Å². The number of ether oxygens (including phenoxy) is 1. The maximum absolute atomic E-state index is 10.9. The number of nitro benzene ring substituents is 1. The van der Waals surface area contributed by atoms with E-state index in [4.69, 9.17) is 4.74 Å². The first-order valence-electron chi connectivity index (χ1n) is 4.93. The lowest BCUT2D eigenvalue weighted by Gasteiger charge is -2.06. The zero-order chi connectivity index (χ0) is 13.1. The SMILES string of the molecule is O=[N+]([O-])c1cc(Br)ccc1Oc1cccc(Br)c1. The average molecular weight is 373 g/mol. The molecule has 0 aliphatic heterocycles. The Kier molecular flexibility index (Phi) is 3.98. The zero-order valence-electron chi connectivity index (χ0n) is 8.97. The topological polar surface area (TPSA) is 52.4 Å². The Labute approximate surface area is 120 Å². The van der Waals surface area contributed by atoms with Crippen molar-refractivity contribution in [3.8, 4) is 11.5 Å². The Bertz CT molecular complexity index is 602. The maximum atomic E-state index is 10.9. The van der Waals surface area contributed by atoms with E-state index in [-0.39, 0.29) is 11.4 Å². The molecule has 18 heavy (non-hydrogen) atoms. The molecule has 2 aromatic carbocycles. The minimum absolute atomic E-state index is 0.0793. The van der Waals surface area contributed by atoms with Gasteiger partial charge in [-0.05, 0) is 30.3 Å². The van der Waals surface area contributed by atoms with Gasteiger partial charge in [0, 0.05) is 15.0 Å². The standard InChI is InChI=1S/C12H7Br2NO3/c13-8-2-1-3-10(6-8)18-12-5-4-9(14)7-11(12)15(16)17/h1-7H. The van der Waals surface area contributed by atoms with Gasteiger partial charge in [-0.2, -0.15) is 0 Å². The second-order valence-electron chi connectivity index (χ2n) is 3.43. The van der Waals surface area contributed by atoms with Gasteiger partial charge in [0.2, 0.25) is 5.75 Å². The highest BCUT2D eigenvalue weighted by Crippen LogP contribution is 2.34. The quantitative estimate of drug-likeness (QED) is 0.568. The molecule has 0 bridgehead atoms. The molecule has 0 atom stereocenters. The average Bonchev–Trinajstić information content (AvgIpc) is 2.31. The van der Waals surface area contributed by atoms with Crippen molar-refractivity contribution in [3.05, 3.63) is 61.5 Å². The van der Waals surface area contributed by atoms with Crippen molar-refractivity contribution in [2.45, 2.75) is 0 Å². The van der Waals surface area contributed by atoms with Crippen LogP contribution in [0, 0.1) is 10.1 Å². The van der Waals surface area contributed by atoms with Crippen molar-refractivity contribution in [3.63, 3.8) is 0 Å². The van der Waals surface area contributed by atoms with Gasteiger partial charge in [0.05, 0.1) is 4.92 Å². The molecule has 0 heterocycles. The fraction of sp³-hybridized carbons (Fsp3) is 0. The second kappa shape index (κ2) is 5.49. The van der Waals surface area contributed by atoms with E-state index in [0.717, 1.165) is 4.47 Å². The number of hydrogen-bond donors (Lipinski definition) is 0. The van der Waals surface area contributed by atoms with Gasteiger partial charge in [-0.1, -0.05) is 37.9 Å². The van der Waals surface area contributed by atoms with Crippen LogP contribution < -0.4 is 4.74 Å². The molecule has 0 saturated heterocycles. The van der Waals surface area contributed by atoms with Crippen molar-refractivity contribution in [1.29, 1.82) is 0 Å². The molecule has 2 aromatic rings. The van der Waals surface area contributed by atoms with Crippen LogP contribution in [0.4, 0.5) is 5.69 Å². The van der Waals surface area contributed by atoms with Crippen molar-refractivity contribution < 1.29 is 9.66 Å². The van der Waals surface area contributed by atoms with Gasteiger partial charge in [0.1, 0.15) is 5.75 Å². The molecular weight excluding hydrogens is 366 g/mol. The molecule has 0 radical (unpaired) electrons. The van der Waals surface area contributed by atoms with E-state index in [1.807, 2.05) is 6.07 Å². The second-order valence-corrected chi connectivity index (χ2v) is 5.26. The lowest BCUT2D eigenvalue weighted by Crippen LogP contribution is -1.93. The molecule has 0 fully saturated rings. The predicted molar refractivity (Wildman–Crippen MR) is 75.0 cm³/mol. The van der Waals surface area contributed by atoms with Gasteiger partial charge in [-0.3, -0.25) is 10.1 Å². The molecule has 0 amide bonds. The lowest BCUT2D eigenvalue weighted by atomic mass is 10.3. The molecular formula is C12H7Br2NO3. The lowest BCUT2D eigenvalue weighted by molar-refractivity contribution is -0.385. The van der Waals surface area contributed by atoms with Crippen molar-refractivity contribution in [2.24, 2.45) is 0 Å². The molecule has 2 rings (SSSR count). The first kappa shape index (κ1) is 13.0. The van der Waals surface area contributed by atoms with Gasteiger partial charge < -0.3 is 4.74 Å². The highest BCUT2D eigenvalue weighted by molar-refractivity contribution is 9.10. The Morgan fingerprint density at radius 1 is 1.06 bits per heavy atom. The van der Waals surface area contributed by atoms with E-state index >= 15 is 0 Å². The summed E-state index contributed by atoms with van der Waals surface area (Å²) >= 11 is 6.51. The summed E-state index contributed by atoms with van der Waals surface area (Å²) in [5, 5.41) is 10.9. The van der Waals surface area contributed by atoms with Gasteiger partial charge in [-0.25, -0.2) is 0 Å². The summed E-state index contributed by atoms with van der Waals surface area (Å²) < 4.78 is 7.00. The number of rotatable bonds is 3. The van der Waals surface area contributed by atoms with Crippen LogP contribution in [0.3, 0.4) is 0 Å². The smallest absolute Gasteiger partial charge is 0.312 e. The number of nitro groups is 1. The van der Waals surface area contributed by atoms with Crippen LogP contribution in [-0.2, 0) is 0 Å². The molecule has 0 N–H and O–H groups in total. The largest absolute Gasteiger partial charge is 0.450 e. The zero-order valence-corrected chi connectivity index (χ0v) is 12.1. The number of nitrogens with zero attached hydrogens (tertiary/aromatic N) is 1. The van der Waals surface area contributed by atoms with Crippen LogP contribution in [0.5, 0.6) is 11.5 Å². The summed E-state index contributed by atoms with van der Waals surface area (Å²) in [5.74, 6) is 0.746. The van der Waals surface area contributed by atoms with Crippen LogP contribution in [0.15, 0.2) is 51.4 Å². The van der Waals surface area contributed by atoms with Gasteiger partial charge >= 0.3 is 5.69 Å².